The standard InChI is InChI=1S/C8H9FO4/c1-13-7(12)8(9)5-3(10)2-4(11)6(5)8/h3,5-6,10H,2H2,1H3. The van der Waals surface area contributed by atoms with E-state index in [1.807, 2.05) is 0 Å². The minimum atomic E-state index is -2.25. The number of fused-ring (bicyclic) bond motifs is 1. The van der Waals surface area contributed by atoms with Crippen molar-refractivity contribution in [3.63, 3.8) is 0 Å². The van der Waals surface area contributed by atoms with Crippen LogP contribution in [0.4, 0.5) is 4.39 Å². The van der Waals surface area contributed by atoms with E-state index in [2.05, 4.69) is 4.74 Å². The van der Waals surface area contributed by atoms with Gasteiger partial charge in [-0.1, -0.05) is 0 Å². The summed E-state index contributed by atoms with van der Waals surface area (Å²) in [5.41, 5.74) is -2.25. The minimum absolute atomic E-state index is 0.0437. The van der Waals surface area contributed by atoms with Gasteiger partial charge in [-0.3, -0.25) is 4.79 Å². The molecule has 0 aliphatic heterocycles. The van der Waals surface area contributed by atoms with Gasteiger partial charge in [0.2, 0.25) is 5.67 Å². The van der Waals surface area contributed by atoms with Crippen LogP contribution in [0.15, 0.2) is 0 Å². The van der Waals surface area contributed by atoms with Crippen LogP contribution in [0.5, 0.6) is 0 Å². The monoisotopic (exact) mass is 188 g/mol. The van der Waals surface area contributed by atoms with Crippen LogP contribution >= 0.6 is 0 Å². The van der Waals surface area contributed by atoms with Crippen molar-refractivity contribution >= 4 is 11.8 Å². The molecule has 2 saturated carbocycles. The van der Waals surface area contributed by atoms with E-state index in [4.69, 9.17) is 0 Å². The van der Waals surface area contributed by atoms with E-state index in [9.17, 15) is 19.1 Å². The number of alkyl halides is 1. The highest BCUT2D eigenvalue weighted by Gasteiger charge is 2.80. The Morgan fingerprint density at radius 1 is 1.77 bits per heavy atom. The Morgan fingerprint density at radius 2 is 2.38 bits per heavy atom. The molecule has 1 N–H and O–H groups in total. The number of hydrogen-bond donors (Lipinski definition) is 1. The molecule has 0 amide bonds. The lowest BCUT2D eigenvalue weighted by molar-refractivity contribution is -0.152. The first kappa shape index (κ1) is 8.62. The van der Waals surface area contributed by atoms with Crippen LogP contribution in [0.25, 0.3) is 0 Å². The van der Waals surface area contributed by atoms with E-state index < -0.39 is 29.6 Å². The fourth-order valence-corrected chi connectivity index (χ4v) is 2.20. The van der Waals surface area contributed by atoms with Crippen LogP contribution in [-0.2, 0) is 14.3 Å². The van der Waals surface area contributed by atoms with Gasteiger partial charge in [-0.05, 0) is 0 Å². The topological polar surface area (TPSA) is 63.6 Å². The molecule has 0 aromatic heterocycles. The normalized spacial score (nSPS) is 47.3. The summed E-state index contributed by atoms with van der Waals surface area (Å²) in [5.74, 6) is -3.26. The number of ketones is 1. The number of aliphatic hydroxyl groups excluding tert-OH is 1. The highest BCUT2D eigenvalue weighted by atomic mass is 19.1. The van der Waals surface area contributed by atoms with Gasteiger partial charge < -0.3 is 9.84 Å². The number of halogens is 1. The zero-order valence-corrected chi connectivity index (χ0v) is 6.99. The second-order valence-electron chi connectivity index (χ2n) is 3.50. The van der Waals surface area contributed by atoms with E-state index in [1.165, 1.54) is 0 Å². The first-order valence-corrected chi connectivity index (χ1v) is 4.01. The molecule has 0 aromatic rings. The number of carbonyl (C=O) groups is 2. The number of rotatable bonds is 1. The number of Topliss-reactive ketones (excluding diaryl/α,β-unsaturated/α-hetero) is 1. The average Bonchev–Trinajstić information content (AvgIpc) is 2.60. The third kappa shape index (κ3) is 0.824. The zero-order valence-electron chi connectivity index (χ0n) is 6.99. The number of carbonyl (C=O) groups excluding carboxylic acids is 2. The first-order valence-electron chi connectivity index (χ1n) is 4.01. The summed E-state index contributed by atoms with van der Waals surface area (Å²) in [6.07, 6.45) is -1.07. The molecule has 2 rings (SSSR count). The molecule has 0 spiro atoms. The van der Waals surface area contributed by atoms with Crippen molar-refractivity contribution in [2.75, 3.05) is 7.11 Å². The highest BCUT2D eigenvalue weighted by Crippen LogP contribution is 2.61. The number of hydrogen-bond acceptors (Lipinski definition) is 4. The molecule has 72 valence electrons. The third-order valence-corrected chi connectivity index (χ3v) is 2.86. The lowest BCUT2D eigenvalue weighted by Gasteiger charge is -2.10. The van der Waals surface area contributed by atoms with Crippen LogP contribution < -0.4 is 0 Å². The fourth-order valence-electron chi connectivity index (χ4n) is 2.20. The smallest absolute Gasteiger partial charge is 0.344 e. The fraction of sp³-hybridized carbons (Fsp3) is 0.750. The Hall–Kier alpha value is -0.970. The molecule has 2 aliphatic carbocycles. The molecule has 0 bridgehead atoms. The van der Waals surface area contributed by atoms with Crippen molar-refractivity contribution in [1.82, 2.24) is 0 Å². The molecular formula is C8H9FO4. The summed E-state index contributed by atoms with van der Waals surface area (Å²) in [6.45, 7) is 0. The van der Waals surface area contributed by atoms with E-state index >= 15 is 0 Å². The van der Waals surface area contributed by atoms with Gasteiger partial charge in [0.1, 0.15) is 5.78 Å². The number of ether oxygens (including phenoxy) is 1. The summed E-state index contributed by atoms with van der Waals surface area (Å²) in [4.78, 5) is 22.0. The van der Waals surface area contributed by atoms with Crippen molar-refractivity contribution < 1.29 is 23.8 Å². The summed E-state index contributed by atoms with van der Waals surface area (Å²) >= 11 is 0. The molecule has 0 aromatic carbocycles. The molecule has 2 fully saturated rings. The average molecular weight is 188 g/mol. The third-order valence-electron chi connectivity index (χ3n) is 2.86. The molecule has 4 nitrogen and oxygen atoms in total. The predicted octanol–water partition coefficient (Wildman–Crippen LogP) is -0.553. The van der Waals surface area contributed by atoms with Crippen LogP contribution in [0.1, 0.15) is 6.42 Å². The SMILES string of the molecule is COC(=O)C1(F)C2C(=O)CC(O)C21. The Labute approximate surface area is 73.7 Å². The van der Waals surface area contributed by atoms with Gasteiger partial charge >= 0.3 is 5.97 Å². The van der Waals surface area contributed by atoms with Gasteiger partial charge in [0, 0.05) is 12.3 Å². The molecular weight excluding hydrogens is 179 g/mol. The van der Waals surface area contributed by atoms with Crippen molar-refractivity contribution in [1.29, 1.82) is 0 Å². The van der Waals surface area contributed by atoms with Crippen LogP contribution in [0.3, 0.4) is 0 Å². The second kappa shape index (κ2) is 2.29. The molecule has 0 heterocycles. The zero-order chi connectivity index (χ0) is 9.80. The first-order chi connectivity index (χ1) is 6.03. The van der Waals surface area contributed by atoms with Gasteiger partial charge in [0.15, 0.2) is 0 Å². The molecule has 4 atom stereocenters. The van der Waals surface area contributed by atoms with Crippen LogP contribution in [0.2, 0.25) is 0 Å². The van der Waals surface area contributed by atoms with E-state index in [-0.39, 0.29) is 12.2 Å². The maximum absolute atomic E-state index is 13.6. The summed E-state index contributed by atoms with van der Waals surface area (Å²) in [6, 6.07) is 0. The lowest BCUT2D eigenvalue weighted by Crippen LogP contribution is -2.31. The minimum Gasteiger partial charge on any atom is -0.467 e. The largest absolute Gasteiger partial charge is 0.467 e. The molecule has 4 unspecified atom stereocenters. The number of methoxy groups -OCH3 is 1. The number of aliphatic hydroxyl groups is 1. The van der Waals surface area contributed by atoms with E-state index in [0.717, 1.165) is 7.11 Å². The highest BCUT2D eigenvalue weighted by molar-refractivity contribution is 6.00. The Bertz CT molecular complexity index is 290. The summed E-state index contributed by atoms with van der Waals surface area (Å²) in [7, 11) is 1.06. The Kier molecular flexibility index (Phi) is 1.52. The molecule has 5 heteroatoms. The predicted molar refractivity (Wildman–Crippen MR) is 38.5 cm³/mol. The molecule has 2 aliphatic rings. The lowest BCUT2D eigenvalue weighted by atomic mass is 10.1. The van der Waals surface area contributed by atoms with Crippen molar-refractivity contribution in [2.24, 2.45) is 11.8 Å². The van der Waals surface area contributed by atoms with E-state index in [0.29, 0.717) is 0 Å². The molecule has 0 radical (unpaired) electrons. The van der Waals surface area contributed by atoms with Gasteiger partial charge in [-0.15, -0.1) is 0 Å². The van der Waals surface area contributed by atoms with Gasteiger partial charge in [-0.2, -0.15) is 0 Å². The van der Waals surface area contributed by atoms with Gasteiger partial charge in [-0.25, -0.2) is 9.18 Å². The second-order valence-corrected chi connectivity index (χ2v) is 3.50. The summed E-state index contributed by atoms with van der Waals surface area (Å²) < 4.78 is 17.9. The quantitative estimate of drug-likeness (QED) is 0.560. The summed E-state index contributed by atoms with van der Waals surface area (Å²) in [5, 5.41) is 9.22. The van der Waals surface area contributed by atoms with Gasteiger partial charge in [0.25, 0.3) is 0 Å². The Morgan fingerprint density at radius 3 is 2.77 bits per heavy atom. The maximum Gasteiger partial charge on any atom is 0.344 e. The van der Waals surface area contributed by atoms with E-state index in [1.54, 1.807) is 0 Å². The van der Waals surface area contributed by atoms with Crippen LogP contribution in [0, 0.1) is 11.8 Å². The van der Waals surface area contributed by atoms with Crippen molar-refractivity contribution in [3.05, 3.63) is 0 Å². The number of esters is 1. The molecule has 13 heavy (non-hydrogen) atoms. The maximum atomic E-state index is 13.6. The molecule has 0 saturated heterocycles. The Balaban J connectivity index is 2.24. The van der Waals surface area contributed by atoms with Crippen molar-refractivity contribution in [3.8, 4) is 0 Å². The van der Waals surface area contributed by atoms with Crippen molar-refractivity contribution in [2.45, 2.75) is 18.2 Å². The van der Waals surface area contributed by atoms with Crippen LogP contribution in [-0.4, -0.2) is 35.7 Å². The van der Waals surface area contributed by atoms with Gasteiger partial charge in [0.05, 0.1) is 19.1 Å².